The highest BCUT2D eigenvalue weighted by Gasteiger charge is 2.50. The summed E-state index contributed by atoms with van der Waals surface area (Å²) < 4.78 is 27.8. The lowest BCUT2D eigenvalue weighted by Crippen LogP contribution is -2.32. The Hall–Kier alpha value is -3.61. The minimum absolute atomic E-state index is 0.107. The van der Waals surface area contributed by atoms with Gasteiger partial charge in [-0.05, 0) is 53.9 Å². The summed E-state index contributed by atoms with van der Waals surface area (Å²) >= 11 is 0. The van der Waals surface area contributed by atoms with Gasteiger partial charge >= 0.3 is 0 Å². The maximum Gasteiger partial charge on any atom is 0.231 e. The summed E-state index contributed by atoms with van der Waals surface area (Å²) in [7, 11) is 6.41. The predicted molar refractivity (Wildman–Crippen MR) is 123 cm³/mol. The SMILES string of the molecule is COc1ccc(N2C[C@@H]3Cc4occc4[C@H](c4cc(OC)c(OC)c(OC)c4)[C@H]3C2=O)cc1. The lowest BCUT2D eigenvalue weighted by Gasteiger charge is -2.32. The maximum absolute atomic E-state index is 13.8. The van der Waals surface area contributed by atoms with Crippen molar-refractivity contribution in [1.82, 2.24) is 0 Å². The monoisotopic (exact) mass is 449 g/mol. The number of fused-ring (bicyclic) bond motifs is 2. The number of nitrogens with zero attached hydrogens (tertiary/aromatic N) is 1. The van der Waals surface area contributed by atoms with Gasteiger partial charge in [-0.3, -0.25) is 4.79 Å². The van der Waals surface area contributed by atoms with E-state index in [0.717, 1.165) is 34.7 Å². The predicted octanol–water partition coefficient (Wildman–Crippen LogP) is 4.28. The van der Waals surface area contributed by atoms with Crippen molar-refractivity contribution in [2.75, 3.05) is 39.9 Å². The van der Waals surface area contributed by atoms with Gasteiger partial charge in [0.15, 0.2) is 11.5 Å². The molecule has 5 rings (SSSR count). The second-order valence-electron chi connectivity index (χ2n) is 8.37. The molecule has 33 heavy (non-hydrogen) atoms. The number of hydrogen-bond acceptors (Lipinski definition) is 6. The molecule has 2 aliphatic rings. The summed E-state index contributed by atoms with van der Waals surface area (Å²) in [6.45, 7) is 0.636. The van der Waals surface area contributed by atoms with Crippen LogP contribution in [0.2, 0.25) is 0 Å². The van der Waals surface area contributed by atoms with Crippen molar-refractivity contribution in [2.24, 2.45) is 11.8 Å². The van der Waals surface area contributed by atoms with Gasteiger partial charge in [-0.25, -0.2) is 0 Å². The van der Waals surface area contributed by atoms with Gasteiger partial charge in [-0.15, -0.1) is 0 Å². The van der Waals surface area contributed by atoms with Crippen LogP contribution in [0.4, 0.5) is 5.69 Å². The van der Waals surface area contributed by atoms with E-state index in [1.165, 1.54) is 0 Å². The summed E-state index contributed by atoms with van der Waals surface area (Å²) in [5.74, 6) is 3.19. The number of methoxy groups -OCH3 is 4. The van der Waals surface area contributed by atoms with Crippen molar-refractivity contribution >= 4 is 11.6 Å². The number of rotatable bonds is 6. The number of benzene rings is 2. The van der Waals surface area contributed by atoms with Gasteiger partial charge in [0.05, 0.1) is 40.6 Å². The van der Waals surface area contributed by atoms with Crippen molar-refractivity contribution in [3.05, 3.63) is 65.6 Å². The van der Waals surface area contributed by atoms with Crippen LogP contribution in [0.25, 0.3) is 0 Å². The zero-order chi connectivity index (χ0) is 23.1. The van der Waals surface area contributed by atoms with Crippen molar-refractivity contribution in [3.8, 4) is 23.0 Å². The molecule has 7 nitrogen and oxygen atoms in total. The standard InChI is InChI=1S/C26H27NO6/c1-29-18-7-5-17(6-8-18)27-14-16-13-20-19(9-10-33-20)23(24(16)26(27)28)15-11-21(30-2)25(32-4)22(12-15)31-3/h5-12,16,23-24H,13-14H2,1-4H3/t16-,23-,24-/m0/s1. The average Bonchev–Trinajstić information content (AvgIpc) is 3.45. The molecule has 0 unspecified atom stereocenters. The topological polar surface area (TPSA) is 70.4 Å². The zero-order valence-corrected chi connectivity index (χ0v) is 19.2. The van der Waals surface area contributed by atoms with E-state index in [1.807, 2.05) is 47.4 Å². The Morgan fingerprint density at radius 3 is 2.21 bits per heavy atom. The molecule has 1 aromatic heterocycles. The molecule has 1 saturated heterocycles. The van der Waals surface area contributed by atoms with Gasteiger partial charge in [0.2, 0.25) is 11.7 Å². The number of hydrogen-bond donors (Lipinski definition) is 0. The van der Waals surface area contributed by atoms with Gasteiger partial charge in [-0.1, -0.05) is 0 Å². The molecule has 0 spiro atoms. The molecule has 7 heteroatoms. The van der Waals surface area contributed by atoms with E-state index in [9.17, 15) is 4.79 Å². The summed E-state index contributed by atoms with van der Waals surface area (Å²) in [5.41, 5.74) is 2.85. The van der Waals surface area contributed by atoms with E-state index in [1.54, 1.807) is 34.7 Å². The fraction of sp³-hybridized carbons (Fsp3) is 0.346. The summed E-state index contributed by atoms with van der Waals surface area (Å²) in [4.78, 5) is 15.7. The molecule has 0 saturated carbocycles. The van der Waals surface area contributed by atoms with Crippen LogP contribution in [0.1, 0.15) is 22.8 Å². The number of carbonyl (C=O) groups excluding carboxylic acids is 1. The van der Waals surface area contributed by atoms with Gasteiger partial charge in [0.1, 0.15) is 11.5 Å². The summed E-state index contributed by atoms with van der Waals surface area (Å²) in [5, 5.41) is 0. The van der Waals surface area contributed by atoms with Crippen LogP contribution < -0.4 is 23.8 Å². The van der Waals surface area contributed by atoms with Crippen LogP contribution in [-0.4, -0.2) is 40.9 Å². The third kappa shape index (κ3) is 3.39. The first-order chi connectivity index (χ1) is 16.1. The molecule has 1 fully saturated rings. The van der Waals surface area contributed by atoms with Gasteiger partial charge < -0.3 is 28.3 Å². The Bertz CT molecular complexity index is 1140. The third-order valence-electron chi connectivity index (χ3n) is 6.83. The maximum atomic E-state index is 13.8. The van der Waals surface area contributed by atoms with Gasteiger partial charge in [0, 0.05) is 30.1 Å². The first-order valence-corrected chi connectivity index (χ1v) is 10.9. The minimum Gasteiger partial charge on any atom is -0.497 e. The molecule has 2 aromatic carbocycles. The molecule has 1 aliphatic heterocycles. The van der Waals surface area contributed by atoms with Crippen LogP contribution in [0, 0.1) is 11.8 Å². The molecular formula is C26H27NO6. The number of carbonyl (C=O) groups is 1. The van der Waals surface area contributed by atoms with E-state index >= 15 is 0 Å². The van der Waals surface area contributed by atoms with Gasteiger partial charge in [0.25, 0.3) is 0 Å². The fourth-order valence-electron chi connectivity index (χ4n) is 5.31. The van der Waals surface area contributed by atoms with Crippen LogP contribution >= 0.6 is 0 Å². The Kier molecular flexibility index (Phi) is 5.40. The zero-order valence-electron chi connectivity index (χ0n) is 19.2. The molecular weight excluding hydrogens is 422 g/mol. The third-order valence-corrected chi connectivity index (χ3v) is 6.83. The average molecular weight is 450 g/mol. The summed E-state index contributed by atoms with van der Waals surface area (Å²) in [6.07, 6.45) is 2.44. The van der Waals surface area contributed by atoms with Crippen LogP contribution in [0.5, 0.6) is 23.0 Å². The Labute approximate surface area is 192 Å². The first kappa shape index (κ1) is 21.2. The molecule has 0 radical (unpaired) electrons. The largest absolute Gasteiger partial charge is 0.497 e. The Balaban J connectivity index is 1.59. The second kappa shape index (κ2) is 8.39. The highest BCUT2D eigenvalue weighted by atomic mass is 16.5. The first-order valence-electron chi connectivity index (χ1n) is 10.9. The molecule has 2 heterocycles. The Morgan fingerprint density at radius 2 is 1.61 bits per heavy atom. The van der Waals surface area contributed by atoms with Crippen LogP contribution in [-0.2, 0) is 11.2 Å². The second-order valence-corrected chi connectivity index (χ2v) is 8.37. The number of furan rings is 1. The van der Waals surface area contributed by atoms with Crippen molar-refractivity contribution < 1.29 is 28.2 Å². The molecule has 0 N–H and O–H groups in total. The van der Waals surface area contributed by atoms with Crippen molar-refractivity contribution in [2.45, 2.75) is 12.3 Å². The van der Waals surface area contributed by atoms with Crippen LogP contribution in [0.15, 0.2) is 53.1 Å². The molecule has 0 bridgehead atoms. The number of amides is 1. The Morgan fingerprint density at radius 1 is 0.909 bits per heavy atom. The van der Waals surface area contributed by atoms with Crippen molar-refractivity contribution in [3.63, 3.8) is 0 Å². The smallest absolute Gasteiger partial charge is 0.231 e. The van der Waals surface area contributed by atoms with Crippen LogP contribution in [0.3, 0.4) is 0 Å². The van der Waals surface area contributed by atoms with E-state index in [-0.39, 0.29) is 23.7 Å². The van der Waals surface area contributed by atoms with Crippen molar-refractivity contribution in [1.29, 1.82) is 0 Å². The van der Waals surface area contributed by atoms with E-state index < -0.39 is 0 Å². The van der Waals surface area contributed by atoms with E-state index in [2.05, 4.69) is 0 Å². The quantitative estimate of drug-likeness (QED) is 0.560. The fourth-order valence-corrected chi connectivity index (χ4v) is 5.31. The number of ether oxygens (including phenoxy) is 4. The summed E-state index contributed by atoms with van der Waals surface area (Å²) in [6, 6.07) is 13.5. The molecule has 3 atom stereocenters. The lowest BCUT2D eigenvalue weighted by atomic mass is 9.70. The normalized spacial score (nSPS) is 21.4. The molecule has 1 amide bonds. The van der Waals surface area contributed by atoms with E-state index in [4.69, 9.17) is 23.4 Å². The van der Waals surface area contributed by atoms with Gasteiger partial charge in [-0.2, -0.15) is 0 Å². The highest BCUT2D eigenvalue weighted by Crippen LogP contribution is 2.51. The lowest BCUT2D eigenvalue weighted by molar-refractivity contribution is -0.121. The highest BCUT2D eigenvalue weighted by molar-refractivity contribution is 5.99. The van der Waals surface area contributed by atoms with E-state index in [0.29, 0.717) is 23.8 Å². The molecule has 3 aromatic rings. The number of anilines is 1. The molecule has 172 valence electrons. The minimum atomic E-state index is -0.222. The molecule has 1 aliphatic carbocycles.